The highest BCUT2D eigenvalue weighted by Crippen LogP contribution is 2.33. The molecule has 0 amide bonds. The van der Waals surface area contributed by atoms with E-state index in [0.29, 0.717) is 28.9 Å². The highest BCUT2D eigenvalue weighted by Gasteiger charge is 2.18. The van der Waals surface area contributed by atoms with E-state index in [1.807, 2.05) is 49.2 Å². The molecule has 2 aromatic carbocycles. The van der Waals surface area contributed by atoms with Crippen LogP contribution in [-0.4, -0.2) is 38.7 Å². The lowest BCUT2D eigenvalue weighted by molar-refractivity contribution is 0.151. The molecular weight excluding hydrogens is 426 g/mol. The van der Waals surface area contributed by atoms with Crippen LogP contribution in [0.25, 0.3) is 27.9 Å². The van der Waals surface area contributed by atoms with Crippen molar-refractivity contribution in [3.63, 3.8) is 0 Å². The second-order valence-corrected chi connectivity index (χ2v) is 7.57. The number of rotatable bonds is 5. The number of ether oxygens (including phenoxy) is 1. The monoisotopic (exact) mass is 446 g/mol. The summed E-state index contributed by atoms with van der Waals surface area (Å²) in [6.07, 6.45) is -2.49. The van der Waals surface area contributed by atoms with Crippen LogP contribution in [0.3, 0.4) is 0 Å². The number of methoxy groups -OCH3 is 1. The highest BCUT2D eigenvalue weighted by molar-refractivity contribution is 5.92. The summed E-state index contributed by atoms with van der Waals surface area (Å²) in [5.74, 6) is 2.24. The molecule has 0 unspecified atom stereocenters. The molecule has 9 heteroatoms. The number of aromatic nitrogens is 5. The SMILES string of the molecule is COc1ccc2c(N(C)c3cccc(-c4ccc(C(F)F)cc4)c3)nc3nnc(C)n3c2n1. The predicted molar refractivity (Wildman–Crippen MR) is 122 cm³/mol. The van der Waals surface area contributed by atoms with Gasteiger partial charge in [-0.15, -0.1) is 10.2 Å². The van der Waals surface area contributed by atoms with Crippen molar-refractivity contribution >= 4 is 28.3 Å². The fourth-order valence-corrected chi connectivity index (χ4v) is 3.81. The Labute approximate surface area is 188 Å². The topological polar surface area (TPSA) is 68.4 Å². The van der Waals surface area contributed by atoms with Gasteiger partial charge in [0.2, 0.25) is 5.88 Å². The van der Waals surface area contributed by atoms with Crippen molar-refractivity contribution in [1.82, 2.24) is 24.6 Å². The van der Waals surface area contributed by atoms with Gasteiger partial charge in [-0.25, -0.2) is 13.2 Å². The largest absolute Gasteiger partial charge is 0.481 e. The van der Waals surface area contributed by atoms with Crippen molar-refractivity contribution in [2.24, 2.45) is 0 Å². The van der Waals surface area contributed by atoms with E-state index in [0.717, 1.165) is 22.2 Å². The smallest absolute Gasteiger partial charge is 0.263 e. The van der Waals surface area contributed by atoms with E-state index >= 15 is 0 Å². The van der Waals surface area contributed by atoms with Crippen LogP contribution in [0.1, 0.15) is 17.8 Å². The minimum Gasteiger partial charge on any atom is -0.481 e. The Balaban J connectivity index is 1.61. The van der Waals surface area contributed by atoms with Crippen molar-refractivity contribution in [2.45, 2.75) is 13.3 Å². The fraction of sp³-hybridized carbons (Fsp3) is 0.167. The van der Waals surface area contributed by atoms with E-state index in [9.17, 15) is 8.78 Å². The number of nitrogens with zero attached hydrogens (tertiary/aromatic N) is 6. The summed E-state index contributed by atoms with van der Waals surface area (Å²) in [5, 5.41) is 9.13. The van der Waals surface area contributed by atoms with Gasteiger partial charge in [-0.2, -0.15) is 9.97 Å². The minimum absolute atomic E-state index is 0.00234. The Kier molecular flexibility index (Phi) is 5.08. The summed E-state index contributed by atoms with van der Waals surface area (Å²) < 4.78 is 32.9. The van der Waals surface area contributed by atoms with Gasteiger partial charge < -0.3 is 9.64 Å². The maximum Gasteiger partial charge on any atom is 0.263 e. The molecule has 3 heterocycles. The van der Waals surface area contributed by atoms with E-state index in [4.69, 9.17) is 9.72 Å². The first kappa shape index (κ1) is 20.7. The van der Waals surface area contributed by atoms with E-state index < -0.39 is 6.43 Å². The van der Waals surface area contributed by atoms with Gasteiger partial charge in [-0.05, 0) is 36.2 Å². The minimum atomic E-state index is -2.49. The van der Waals surface area contributed by atoms with Crippen molar-refractivity contribution in [1.29, 1.82) is 0 Å². The average molecular weight is 446 g/mol. The zero-order valence-corrected chi connectivity index (χ0v) is 18.2. The Hall–Kier alpha value is -4.14. The lowest BCUT2D eigenvalue weighted by Crippen LogP contribution is -2.13. The second-order valence-electron chi connectivity index (χ2n) is 7.57. The van der Waals surface area contributed by atoms with E-state index in [-0.39, 0.29) is 5.56 Å². The number of hydrogen-bond acceptors (Lipinski definition) is 6. The van der Waals surface area contributed by atoms with Crippen LogP contribution < -0.4 is 9.64 Å². The maximum atomic E-state index is 12.9. The maximum absolute atomic E-state index is 12.9. The molecule has 166 valence electrons. The Morgan fingerprint density at radius 1 is 0.939 bits per heavy atom. The first-order valence-electron chi connectivity index (χ1n) is 10.2. The highest BCUT2D eigenvalue weighted by atomic mass is 19.3. The quantitative estimate of drug-likeness (QED) is 0.362. The van der Waals surface area contributed by atoms with Crippen LogP contribution in [0.5, 0.6) is 5.88 Å². The molecule has 5 rings (SSSR count). The third-order valence-corrected chi connectivity index (χ3v) is 5.57. The molecule has 0 fully saturated rings. The molecule has 0 N–H and O–H groups in total. The molecule has 0 radical (unpaired) electrons. The van der Waals surface area contributed by atoms with Gasteiger partial charge in [0, 0.05) is 24.4 Å². The number of hydrogen-bond donors (Lipinski definition) is 0. The van der Waals surface area contributed by atoms with E-state index in [2.05, 4.69) is 15.2 Å². The lowest BCUT2D eigenvalue weighted by Gasteiger charge is -2.21. The molecule has 0 atom stereocenters. The lowest BCUT2D eigenvalue weighted by atomic mass is 10.0. The molecule has 0 aliphatic heterocycles. The Morgan fingerprint density at radius 2 is 1.73 bits per heavy atom. The van der Waals surface area contributed by atoms with Crippen LogP contribution in [0, 0.1) is 6.92 Å². The van der Waals surface area contributed by atoms with Crippen molar-refractivity contribution in [3.05, 3.63) is 72.1 Å². The average Bonchev–Trinajstić information content (AvgIpc) is 3.23. The van der Waals surface area contributed by atoms with Crippen LogP contribution in [0.4, 0.5) is 20.3 Å². The molecule has 0 spiro atoms. The van der Waals surface area contributed by atoms with Gasteiger partial charge in [-0.3, -0.25) is 0 Å². The van der Waals surface area contributed by atoms with Gasteiger partial charge >= 0.3 is 0 Å². The van der Waals surface area contributed by atoms with Crippen LogP contribution in [0.15, 0.2) is 60.7 Å². The molecule has 0 saturated carbocycles. The summed E-state index contributed by atoms with van der Waals surface area (Å²) in [4.78, 5) is 11.3. The fourth-order valence-electron chi connectivity index (χ4n) is 3.81. The van der Waals surface area contributed by atoms with Crippen molar-refractivity contribution in [2.75, 3.05) is 19.1 Å². The van der Waals surface area contributed by atoms with Gasteiger partial charge in [0.25, 0.3) is 12.2 Å². The van der Waals surface area contributed by atoms with Gasteiger partial charge in [0.05, 0.1) is 12.5 Å². The van der Waals surface area contributed by atoms with E-state index in [1.165, 1.54) is 12.1 Å². The van der Waals surface area contributed by atoms with Gasteiger partial charge in [-0.1, -0.05) is 36.4 Å². The molecule has 0 aliphatic carbocycles. The first-order chi connectivity index (χ1) is 16.0. The summed E-state index contributed by atoms with van der Waals surface area (Å²) >= 11 is 0. The summed E-state index contributed by atoms with van der Waals surface area (Å²) in [7, 11) is 3.47. The predicted octanol–water partition coefficient (Wildman–Crippen LogP) is 5.36. The second kappa shape index (κ2) is 8.09. The molecule has 0 aliphatic rings. The molecule has 3 aromatic heterocycles. The number of halogens is 2. The summed E-state index contributed by atoms with van der Waals surface area (Å²) in [6.45, 7) is 1.84. The Morgan fingerprint density at radius 3 is 2.45 bits per heavy atom. The standard InChI is InChI=1S/C24H20F2N6O/c1-14-29-30-24-28-22(19-11-12-20(33-3)27-23(19)32(14)24)31(2)18-6-4-5-17(13-18)15-7-9-16(10-8-15)21(25)26/h4-13,21H,1-3H3. The number of alkyl halides is 2. The van der Waals surface area contributed by atoms with Crippen molar-refractivity contribution in [3.8, 4) is 17.0 Å². The molecule has 5 aromatic rings. The molecule has 0 saturated heterocycles. The Bertz CT molecular complexity index is 1470. The van der Waals surface area contributed by atoms with Crippen LogP contribution >= 0.6 is 0 Å². The third-order valence-electron chi connectivity index (χ3n) is 5.57. The zero-order valence-electron chi connectivity index (χ0n) is 18.2. The normalized spacial score (nSPS) is 11.5. The van der Waals surface area contributed by atoms with Gasteiger partial charge in [0.1, 0.15) is 11.6 Å². The third kappa shape index (κ3) is 3.61. The number of anilines is 2. The number of pyridine rings is 1. The number of aryl methyl sites for hydroxylation is 1. The van der Waals surface area contributed by atoms with E-state index in [1.54, 1.807) is 29.7 Å². The number of benzene rings is 2. The summed E-state index contributed by atoms with van der Waals surface area (Å²) in [5.41, 5.74) is 3.27. The molecule has 33 heavy (non-hydrogen) atoms. The summed E-state index contributed by atoms with van der Waals surface area (Å²) in [6, 6.07) is 17.8. The van der Waals surface area contributed by atoms with Crippen molar-refractivity contribution < 1.29 is 13.5 Å². The first-order valence-corrected chi connectivity index (χ1v) is 10.2. The number of fused-ring (bicyclic) bond motifs is 3. The molecule has 7 nitrogen and oxygen atoms in total. The van der Waals surface area contributed by atoms with Gasteiger partial charge in [0.15, 0.2) is 5.65 Å². The zero-order chi connectivity index (χ0) is 23.1. The van der Waals surface area contributed by atoms with Crippen LogP contribution in [0.2, 0.25) is 0 Å². The molecular formula is C24H20F2N6O. The van der Waals surface area contributed by atoms with Crippen LogP contribution in [-0.2, 0) is 0 Å². The molecule has 0 bridgehead atoms.